The van der Waals surface area contributed by atoms with E-state index in [2.05, 4.69) is 28.3 Å². The van der Waals surface area contributed by atoms with Crippen LogP contribution >= 0.6 is 0 Å². The molecule has 0 aliphatic rings. The van der Waals surface area contributed by atoms with Crippen LogP contribution in [0.15, 0.2) is 27.6 Å². The Morgan fingerprint density at radius 2 is 1.95 bits per heavy atom. The number of amides is 1. The fraction of sp³-hybridized carbons (Fsp3) is 0.600. The average Bonchev–Trinajstić information content (AvgIpc) is 2.43. The van der Waals surface area contributed by atoms with E-state index in [4.69, 9.17) is 11.5 Å². The molecule has 0 bridgehead atoms. The Balaban J connectivity index is 0. The highest BCUT2D eigenvalue weighted by Crippen LogP contribution is 2.10. The van der Waals surface area contributed by atoms with Gasteiger partial charge < -0.3 is 16.5 Å². The zero-order chi connectivity index (χ0) is 16.7. The summed E-state index contributed by atoms with van der Waals surface area (Å²) in [4.78, 5) is 23.5. The van der Waals surface area contributed by atoms with Crippen LogP contribution in [0.2, 0.25) is 0 Å². The fourth-order valence-corrected chi connectivity index (χ4v) is 1.28. The van der Waals surface area contributed by atoms with Gasteiger partial charge in [0.05, 0.1) is 18.8 Å². The van der Waals surface area contributed by atoms with Crippen LogP contribution in [-0.2, 0) is 4.79 Å². The van der Waals surface area contributed by atoms with Crippen LogP contribution in [0.25, 0.3) is 0 Å². The summed E-state index contributed by atoms with van der Waals surface area (Å²) in [6.07, 6.45) is 4.38. The predicted molar refractivity (Wildman–Crippen MR) is 92.0 cm³/mol. The van der Waals surface area contributed by atoms with Crippen molar-refractivity contribution in [3.63, 3.8) is 0 Å². The molecule has 0 radical (unpaired) electrons. The minimum Gasteiger partial charge on any atom is -0.390 e. The molecule has 0 rings (SSSR count). The monoisotopic (exact) mass is 295 g/mol. The minimum atomic E-state index is -0.288. The third-order valence-electron chi connectivity index (χ3n) is 2.48. The molecular weight excluding hydrogens is 266 g/mol. The number of hydrogen-bond acceptors (Lipinski definition) is 3. The third kappa shape index (κ3) is 12.8. The van der Waals surface area contributed by atoms with E-state index in [9.17, 15) is 4.79 Å². The van der Waals surface area contributed by atoms with E-state index in [1.54, 1.807) is 6.08 Å². The molecule has 6 nitrogen and oxygen atoms in total. The number of hydrogen-bond donors (Lipinski definition) is 2. The van der Waals surface area contributed by atoms with Crippen molar-refractivity contribution in [2.45, 2.75) is 33.6 Å². The summed E-state index contributed by atoms with van der Waals surface area (Å²) in [6, 6.07) is 0. The highest BCUT2D eigenvalue weighted by atomic mass is 16.1. The Bertz CT molecular complexity index is 361. The summed E-state index contributed by atoms with van der Waals surface area (Å²) in [5.74, 6) is -0.120. The van der Waals surface area contributed by atoms with Gasteiger partial charge in [0, 0.05) is 12.5 Å². The second kappa shape index (κ2) is 14.4. The molecule has 120 valence electrons. The number of carbonyl (C=O) groups is 1. The zero-order valence-corrected chi connectivity index (χ0v) is 13.5. The molecule has 0 fully saturated rings. The predicted octanol–water partition coefficient (Wildman–Crippen LogP) is 1.80. The Morgan fingerprint density at radius 1 is 1.38 bits per heavy atom. The highest BCUT2D eigenvalue weighted by molar-refractivity contribution is 5.95. The summed E-state index contributed by atoms with van der Waals surface area (Å²) >= 11 is 0. The van der Waals surface area contributed by atoms with Gasteiger partial charge in [-0.05, 0) is 26.5 Å². The first-order valence-corrected chi connectivity index (χ1v) is 7.01. The first kappa shape index (κ1) is 21.3. The van der Waals surface area contributed by atoms with Crippen LogP contribution in [0.4, 0.5) is 0 Å². The number of rotatable bonds is 8. The van der Waals surface area contributed by atoms with Crippen LogP contribution in [0.1, 0.15) is 33.6 Å². The number of carbonyl (C=O) groups excluding carboxylic acids is 1. The van der Waals surface area contributed by atoms with Gasteiger partial charge in [-0.2, -0.15) is 0 Å². The lowest BCUT2D eigenvalue weighted by molar-refractivity contribution is -0.121. The van der Waals surface area contributed by atoms with Crippen LogP contribution in [-0.4, -0.2) is 37.9 Å². The van der Waals surface area contributed by atoms with Gasteiger partial charge in [-0.15, -0.1) is 6.58 Å². The van der Waals surface area contributed by atoms with Crippen molar-refractivity contribution in [3.05, 3.63) is 12.7 Å². The number of nitrogens with zero attached hydrogens (tertiary/aromatic N) is 3. The van der Waals surface area contributed by atoms with Crippen molar-refractivity contribution >= 4 is 24.8 Å². The average molecular weight is 295 g/mol. The summed E-state index contributed by atoms with van der Waals surface area (Å²) < 4.78 is 0. The molecule has 0 aromatic carbocycles. The molecule has 0 saturated carbocycles. The SMILES string of the molecule is C=CC.C=NCCCC(CN=CN)C(=O)N=C(N)C(C)C. The topological polar surface area (TPSA) is 106 Å². The van der Waals surface area contributed by atoms with E-state index >= 15 is 0 Å². The second-order valence-electron chi connectivity index (χ2n) is 4.74. The number of allylic oxidation sites excluding steroid dienone is 1. The van der Waals surface area contributed by atoms with E-state index in [0.717, 1.165) is 6.42 Å². The normalized spacial score (nSPS) is 12.7. The molecule has 0 spiro atoms. The van der Waals surface area contributed by atoms with Crippen molar-refractivity contribution < 1.29 is 4.79 Å². The van der Waals surface area contributed by atoms with Crippen LogP contribution in [0.5, 0.6) is 0 Å². The first-order valence-electron chi connectivity index (χ1n) is 7.01. The number of aliphatic imine (C=N–C) groups is 3. The number of nitrogens with two attached hydrogens (primary N) is 2. The molecule has 21 heavy (non-hydrogen) atoms. The van der Waals surface area contributed by atoms with Gasteiger partial charge in [0.25, 0.3) is 5.91 Å². The highest BCUT2D eigenvalue weighted by Gasteiger charge is 2.17. The molecule has 1 amide bonds. The van der Waals surface area contributed by atoms with E-state index in [1.165, 1.54) is 6.34 Å². The van der Waals surface area contributed by atoms with E-state index < -0.39 is 0 Å². The minimum absolute atomic E-state index is 0.0578. The van der Waals surface area contributed by atoms with Crippen molar-refractivity contribution in [2.75, 3.05) is 13.1 Å². The lowest BCUT2D eigenvalue weighted by Crippen LogP contribution is -2.24. The summed E-state index contributed by atoms with van der Waals surface area (Å²) in [6.45, 7) is 13.4. The number of amidine groups is 1. The molecule has 1 atom stereocenters. The van der Waals surface area contributed by atoms with E-state index in [0.29, 0.717) is 25.3 Å². The first-order chi connectivity index (χ1) is 9.94. The molecule has 4 N–H and O–H groups in total. The standard InChI is InChI=1S/C12H23N5O.C3H6/c1-9(2)11(14)17-12(18)10(7-16-8-13)5-4-6-15-3;1-3-2/h8-10H,3-7H2,1-2H3,(H2,13,16)(H2,14,17,18);3H,1H2,2H3. The van der Waals surface area contributed by atoms with E-state index in [-0.39, 0.29) is 17.7 Å². The Hall–Kier alpha value is -1.98. The Kier molecular flexibility index (Phi) is 14.6. The summed E-state index contributed by atoms with van der Waals surface area (Å²) in [5.41, 5.74) is 10.9. The molecule has 0 aliphatic heterocycles. The van der Waals surface area contributed by atoms with Crippen LogP contribution in [0, 0.1) is 11.8 Å². The largest absolute Gasteiger partial charge is 0.390 e. The van der Waals surface area contributed by atoms with Crippen LogP contribution < -0.4 is 11.5 Å². The Morgan fingerprint density at radius 3 is 2.38 bits per heavy atom. The van der Waals surface area contributed by atoms with Crippen LogP contribution in [0.3, 0.4) is 0 Å². The van der Waals surface area contributed by atoms with E-state index in [1.807, 2.05) is 20.8 Å². The summed E-state index contributed by atoms with van der Waals surface area (Å²) in [7, 11) is 0. The molecule has 0 aromatic rings. The zero-order valence-electron chi connectivity index (χ0n) is 13.5. The molecule has 1 unspecified atom stereocenters. The quantitative estimate of drug-likeness (QED) is 0.308. The van der Waals surface area contributed by atoms with Crippen molar-refractivity contribution in [1.82, 2.24) is 0 Å². The Labute approximate surface area is 128 Å². The van der Waals surface area contributed by atoms with Gasteiger partial charge in [0.15, 0.2) is 0 Å². The molecule has 0 heterocycles. The second-order valence-corrected chi connectivity index (χ2v) is 4.74. The molecular formula is C15H29N5O. The molecule has 0 saturated heterocycles. The van der Waals surface area contributed by atoms with Gasteiger partial charge in [-0.1, -0.05) is 19.9 Å². The lowest BCUT2D eigenvalue weighted by atomic mass is 10.0. The van der Waals surface area contributed by atoms with Gasteiger partial charge in [0.2, 0.25) is 0 Å². The summed E-state index contributed by atoms with van der Waals surface area (Å²) in [5, 5.41) is 0. The lowest BCUT2D eigenvalue weighted by Gasteiger charge is -2.11. The van der Waals surface area contributed by atoms with Gasteiger partial charge in [-0.3, -0.25) is 9.79 Å². The molecule has 6 heteroatoms. The van der Waals surface area contributed by atoms with Crippen molar-refractivity contribution in [1.29, 1.82) is 0 Å². The third-order valence-corrected chi connectivity index (χ3v) is 2.48. The fourth-order valence-electron chi connectivity index (χ4n) is 1.28. The molecule has 0 aromatic heterocycles. The molecule has 0 aliphatic carbocycles. The smallest absolute Gasteiger partial charge is 0.252 e. The van der Waals surface area contributed by atoms with Crippen molar-refractivity contribution in [3.8, 4) is 0 Å². The van der Waals surface area contributed by atoms with Crippen molar-refractivity contribution in [2.24, 2.45) is 38.3 Å². The maximum atomic E-state index is 11.9. The maximum absolute atomic E-state index is 11.9. The van der Waals surface area contributed by atoms with Gasteiger partial charge in [0.1, 0.15) is 5.84 Å². The maximum Gasteiger partial charge on any atom is 0.252 e. The van der Waals surface area contributed by atoms with Gasteiger partial charge in [-0.25, -0.2) is 4.99 Å². The van der Waals surface area contributed by atoms with Gasteiger partial charge >= 0.3 is 0 Å².